The number of Topliss-reactive ketones (excluding diaryl/α,β-unsaturated/α-hetero) is 1. The smallest absolute Gasteiger partial charge is 0.330 e. The number of nitrogens with zero attached hydrogens (tertiary/aromatic N) is 1. The standard InChI is InChI=1S/C22H27NO4/c1-26-21(25)10-8-16-7-9-20-18(13-16)19(24)14-22(27-20)11-4-12-23(15-22)17-5-2-3-6-17/h7-10,13,17H,2-6,11-12,14-15H2,1H3/b10-8+. The molecule has 5 nitrogen and oxygen atoms in total. The lowest BCUT2D eigenvalue weighted by Crippen LogP contribution is -2.56. The minimum Gasteiger partial charge on any atom is -0.485 e. The van der Waals surface area contributed by atoms with Gasteiger partial charge in [0.15, 0.2) is 5.78 Å². The van der Waals surface area contributed by atoms with Gasteiger partial charge < -0.3 is 9.47 Å². The first-order valence-corrected chi connectivity index (χ1v) is 9.95. The number of hydrogen-bond acceptors (Lipinski definition) is 5. The molecule has 1 saturated carbocycles. The number of ether oxygens (including phenoxy) is 2. The van der Waals surface area contributed by atoms with Crippen LogP contribution in [0.4, 0.5) is 0 Å². The molecule has 2 aliphatic heterocycles. The highest BCUT2D eigenvalue weighted by atomic mass is 16.5. The Morgan fingerprint density at radius 2 is 2.11 bits per heavy atom. The third-order valence-electron chi connectivity index (χ3n) is 6.14. The first-order valence-electron chi connectivity index (χ1n) is 9.95. The molecule has 4 rings (SSSR count). The number of esters is 1. The van der Waals surface area contributed by atoms with Crippen LogP contribution in [0.15, 0.2) is 24.3 Å². The van der Waals surface area contributed by atoms with Gasteiger partial charge in [-0.3, -0.25) is 9.69 Å². The van der Waals surface area contributed by atoms with Crippen molar-refractivity contribution in [2.45, 2.75) is 56.6 Å². The van der Waals surface area contributed by atoms with E-state index in [4.69, 9.17) is 4.74 Å². The maximum Gasteiger partial charge on any atom is 0.330 e. The Morgan fingerprint density at radius 1 is 1.30 bits per heavy atom. The molecular weight excluding hydrogens is 342 g/mol. The van der Waals surface area contributed by atoms with Gasteiger partial charge in [-0.1, -0.05) is 18.9 Å². The van der Waals surface area contributed by atoms with Crippen molar-refractivity contribution in [1.29, 1.82) is 0 Å². The lowest BCUT2D eigenvalue weighted by atomic mass is 9.82. The molecule has 27 heavy (non-hydrogen) atoms. The van der Waals surface area contributed by atoms with Crippen LogP contribution >= 0.6 is 0 Å². The minimum atomic E-state index is -0.413. The quantitative estimate of drug-likeness (QED) is 0.602. The summed E-state index contributed by atoms with van der Waals surface area (Å²) in [6.07, 6.45) is 10.7. The molecule has 2 fully saturated rings. The SMILES string of the molecule is COC(=O)/C=C/c1ccc2c(c1)C(=O)CC1(CCCN(C3CCCC3)C1)O2. The Labute approximate surface area is 160 Å². The summed E-state index contributed by atoms with van der Waals surface area (Å²) in [6, 6.07) is 6.21. The van der Waals surface area contributed by atoms with Gasteiger partial charge in [0.1, 0.15) is 11.4 Å². The number of fused-ring (bicyclic) bond motifs is 1. The summed E-state index contributed by atoms with van der Waals surface area (Å²) in [7, 11) is 1.34. The zero-order valence-corrected chi connectivity index (χ0v) is 15.9. The summed E-state index contributed by atoms with van der Waals surface area (Å²) in [5.41, 5.74) is 1.03. The van der Waals surface area contributed by atoms with Crippen molar-refractivity contribution in [2.75, 3.05) is 20.2 Å². The average Bonchev–Trinajstić information content (AvgIpc) is 3.21. The highest BCUT2D eigenvalue weighted by Gasteiger charge is 2.45. The predicted molar refractivity (Wildman–Crippen MR) is 103 cm³/mol. The van der Waals surface area contributed by atoms with Gasteiger partial charge in [-0.25, -0.2) is 4.79 Å². The minimum absolute atomic E-state index is 0.137. The molecule has 0 aromatic heterocycles. The van der Waals surface area contributed by atoms with Crippen LogP contribution in [0.25, 0.3) is 6.08 Å². The topological polar surface area (TPSA) is 55.8 Å². The normalized spacial score (nSPS) is 26.3. The van der Waals surface area contributed by atoms with Crippen molar-refractivity contribution >= 4 is 17.8 Å². The third kappa shape index (κ3) is 3.79. The van der Waals surface area contributed by atoms with E-state index in [2.05, 4.69) is 9.64 Å². The van der Waals surface area contributed by atoms with Crippen molar-refractivity contribution < 1.29 is 19.1 Å². The van der Waals surface area contributed by atoms with E-state index in [1.807, 2.05) is 18.2 Å². The fourth-order valence-electron chi connectivity index (χ4n) is 4.79. The molecule has 1 unspecified atom stereocenters. The Balaban J connectivity index is 1.53. The third-order valence-corrected chi connectivity index (χ3v) is 6.14. The van der Waals surface area contributed by atoms with Crippen LogP contribution in [0.3, 0.4) is 0 Å². The maximum absolute atomic E-state index is 12.9. The second-order valence-corrected chi connectivity index (χ2v) is 8.01. The molecule has 0 radical (unpaired) electrons. The maximum atomic E-state index is 12.9. The van der Waals surface area contributed by atoms with Crippen molar-refractivity contribution in [3.8, 4) is 5.75 Å². The Kier molecular flexibility index (Phi) is 5.04. The van der Waals surface area contributed by atoms with Gasteiger partial charge in [0, 0.05) is 18.7 Å². The monoisotopic (exact) mass is 369 g/mol. The molecule has 3 aliphatic rings. The zero-order chi connectivity index (χ0) is 18.9. The number of piperidine rings is 1. The van der Waals surface area contributed by atoms with Crippen LogP contribution in [0.5, 0.6) is 5.75 Å². The molecule has 0 amide bonds. The zero-order valence-electron chi connectivity index (χ0n) is 15.9. The average molecular weight is 369 g/mol. The lowest BCUT2D eigenvalue weighted by Gasteiger charge is -2.46. The van der Waals surface area contributed by atoms with E-state index in [1.54, 1.807) is 6.08 Å². The summed E-state index contributed by atoms with van der Waals surface area (Å²) in [4.78, 5) is 26.8. The first kappa shape index (κ1) is 18.2. The van der Waals surface area contributed by atoms with E-state index >= 15 is 0 Å². The molecule has 1 aromatic carbocycles. The fraction of sp³-hybridized carbons (Fsp3) is 0.545. The molecule has 144 valence electrons. The molecule has 1 saturated heterocycles. The number of likely N-dealkylation sites (tertiary alicyclic amines) is 1. The largest absolute Gasteiger partial charge is 0.485 e. The van der Waals surface area contributed by atoms with Gasteiger partial charge in [0.2, 0.25) is 0 Å². The van der Waals surface area contributed by atoms with Crippen LogP contribution in [-0.2, 0) is 9.53 Å². The molecule has 0 N–H and O–H groups in total. The van der Waals surface area contributed by atoms with Crippen molar-refractivity contribution in [3.63, 3.8) is 0 Å². The summed E-state index contributed by atoms with van der Waals surface area (Å²) >= 11 is 0. The van der Waals surface area contributed by atoms with Crippen LogP contribution in [-0.4, -0.2) is 48.5 Å². The number of carbonyl (C=O) groups excluding carboxylic acids is 2. The number of hydrogen-bond donors (Lipinski definition) is 0. The molecule has 0 bridgehead atoms. The number of benzene rings is 1. The van der Waals surface area contributed by atoms with E-state index in [0.717, 1.165) is 31.5 Å². The van der Waals surface area contributed by atoms with Crippen molar-refractivity contribution in [1.82, 2.24) is 4.90 Å². The van der Waals surface area contributed by atoms with E-state index in [1.165, 1.54) is 38.9 Å². The van der Waals surface area contributed by atoms with Gasteiger partial charge in [-0.2, -0.15) is 0 Å². The summed E-state index contributed by atoms with van der Waals surface area (Å²) in [5.74, 6) is 0.399. The Hall–Kier alpha value is -2.14. The number of rotatable bonds is 3. The van der Waals surface area contributed by atoms with Crippen LogP contribution in [0, 0.1) is 0 Å². The van der Waals surface area contributed by atoms with E-state index < -0.39 is 5.97 Å². The molecule has 1 spiro atoms. The van der Waals surface area contributed by atoms with Crippen LogP contribution < -0.4 is 4.74 Å². The molecule has 1 aliphatic carbocycles. The summed E-state index contributed by atoms with van der Waals surface area (Å²) in [6.45, 7) is 1.97. The number of carbonyl (C=O) groups is 2. The summed E-state index contributed by atoms with van der Waals surface area (Å²) in [5, 5.41) is 0. The Morgan fingerprint density at radius 3 is 2.89 bits per heavy atom. The first-order chi connectivity index (χ1) is 13.1. The summed E-state index contributed by atoms with van der Waals surface area (Å²) < 4.78 is 11.1. The second-order valence-electron chi connectivity index (χ2n) is 8.01. The Bertz CT molecular complexity index is 766. The molecule has 1 atom stereocenters. The molecule has 2 heterocycles. The predicted octanol–water partition coefficient (Wildman–Crippen LogP) is 3.62. The molecular formula is C22H27NO4. The van der Waals surface area contributed by atoms with Crippen LogP contribution in [0.2, 0.25) is 0 Å². The van der Waals surface area contributed by atoms with Gasteiger partial charge in [-0.15, -0.1) is 0 Å². The fourth-order valence-corrected chi connectivity index (χ4v) is 4.79. The second kappa shape index (κ2) is 7.47. The molecule has 1 aromatic rings. The van der Waals surface area contributed by atoms with E-state index in [-0.39, 0.29) is 11.4 Å². The van der Waals surface area contributed by atoms with Crippen molar-refractivity contribution in [3.05, 3.63) is 35.4 Å². The highest BCUT2D eigenvalue weighted by molar-refractivity contribution is 6.01. The van der Waals surface area contributed by atoms with Crippen LogP contribution in [0.1, 0.15) is 60.9 Å². The lowest BCUT2D eigenvalue weighted by molar-refractivity contribution is -0.134. The number of methoxy groups -OCH3 is 1. The number of ketones is 1. The van der Waals surface area contributed by atoms with Gasteiger partial charge in [0.25, 0.3) is 0 Å². The van der Waals surface area contributed by atoms with Crippen molar-refractivity contribution in [2.24, 2.45) is 0 Å². The van der Waals surface area contributed by atoms with E-state index in [0.29, 0.717) is 23.8 Å². The highest BCUT2D eigenvalue weighted by Crippen LogP contribution is 2.40. The van der Waals surface area contributed by atoms with Gasteiger partial charge >= 0.3 is 5.97 Å². The van der Waals surface area contributed by atoms with Gasteiger partial charge in [-0.05, 0) is 56.0 Å². The van der Waals surface area contributed by atoms with Gasteiger partial charge in [0.05, 0.1) is 19.1 Å². The van der Waals surface area contributed by atoms with E-state index in [9.17, 15) is 9.59 Å². The molecule has 5 heteroatoms.